The fourth-order valence-electron chi connectivity index (χ4n) is 4.91. The Morgan fingerprint density at radius 1 is 0.730 bits per heavy atom. The summed E-state index contributed by atoms with van der Waals surface area (Å²) in [5.74, 6) is -0.973. The second-order valence-corrected chi connectivity index (χ2v) is 9.09. The molecule has 8 nitrogen and oxygen atoms in total. The summed E-state index contributed by atoms with van der Waals surface area (Å²) < 4.78 is 4.70. The molecule has 37 heavy (non-hydrogen) atoms. The van der Waals surface area contributed by atoms with Crippen molar-refractivity contribution in [3.8, 4) is 0 Å². The van der Waals surface area contributed by atoms with E-state index in [9.17, 15) is 19.2 Å². The zero-order chi connectivity index (χ0) is 25.9. The van der Waals surface area contributed by atoms with Crippen LogP contribution in [0.25, 0.3) is 0 Å². The highest BCUT2D eigenvalue weighted by Gasteiger charge is 2.43. The maximum absolute atomic E-state index is 13.2. The van der Waals surface area contributed by atoms with Crippen LogP contribution in [0.2, 0.25) is 0 Å². The summed E-state index contributed by atoms with van der Waals surface area (Å²) >= 11 is 0. The van der Waals surface area contributed by atoms with E-state index in [1.807, 2.05) is 54.6 Å². The standard InChI is InChI=1S/C29H27N3O5/c1-37-29(36)22-9-13-24(14-10-22)32-26(33)19-25(28(32)35)31-17-15-30(16-18-31)23-11-7-21(8-12-23)27(34)20-5-3-2-4-6-20/h2-14,25H,15-19H2,1H3/t25-/m1/s1. The first kappa shape index (κ1) is 24.4. The molecule has 3 aromatic carbocycles. The quantitative estimate of drug-likeness (QED) is 0.294. The number of nitrogens with zero attached hydrogens (tertiary/aromatic N) is 3. The number of carbonyl (C=O) groups is 4. The number of esters is 1. The van der Waals surface area contributed by atoms with Gasteiger partial charge in [-0.05, 0) is 48.5 Å². The Kier molecular flexibility index (Phi) is 6.83. The summed E-state index contributed by atoms with van der Waals surface area (Å²) in [6.07, 6.45) is 0.133. The molecule has 188 valence electrons. The Morgan fingerprint density at radius 3 is 1.92 bits per heavy atom. The van der Waals surface area contributed by atoms with Gasteiger partial charge in [-0.2, -0.15) is 0 Å². The number of rotatable bonds is 6. The molecule has 8 heteroatoms. The highest BCUT2D eigenvalue weighted by Crippen LogP contribution is 2.28. The summed E-state index contributed by atoms with van der Waals surface area (Å²) in [4.78, 5) is 55.8. The summed E-state index contributed by atoms with van der Waals surface area (Å²) in [5, 5.41) is 0. The van der Waals surface area contributed by atoms with Crippen molar-refractivity contribution in [2.45, 2.75) is 12.5 Å². The molecule has 2 aliphatic heterocycles. The molecular formula is C29H27N3O5. The van der Waals surface area contributed by atoms with Gasteiger partial charge in [0.05, 0.1) is 30.8 Å². The number of benzene rings is 3. The van der Waals surface area contributed by atoms with Crippen molar-refractivity contribution < 1.29 is 23.9 Å². The number of amides is 2. The second kappa shape index (κ2) is 10.4. The van der Waals surface area contributed by atoms with Crippen LogP contribution in [-0.4, -0.2) is 67.8 Å². The third kappa shape index (κ3) is 4.88. The van der Waals surface area contributed by atoms with Gasteiger partial charge in [0, 0.05) is 43.0 Å². The van der Waals surface area contributed by atoms with Gasteiger partial charge in [0.15, 0.2) is 5.78 Å². The minimum absolute atomic E-state index is 0.00845. The van der Waals surface area contributed by atoms with Gasteiger partial charge in [-0.1, -0.05) is 30.3 Å². The van der Waals surface area contributed by atoms with Crippen LogP contribution in [0.5, 0.6) is 0 Å². The number of carbonyl (C=O) groups excluding carboxylic acids is 4. The molecule has 0 aromatic heterocycles. The van der Waals surface area contributed by atoms with Crippen molar-refractivity contribution in [3.05, 3.63) is 95.6 Å². The fraction of sp³-hybridized carbons (Fsp3) is 0.241. The van der Waals surface area contributed by atoms with Crippen molar-refractivity contribution in [1.82, 2.24) is 4.90 Å². The maximum Gasteiger partial charge on any atom is 0.337 e. The Morgan fingerprint density at radius 2 is 1.30 bits per heavy atom. The van der Waals surface area contributed by atoms with Gasteiger partial charge in [-0.25, -0.2) is 9.69 Å². The lowest BCUT2D eigenvalue weighted by Crippen LogP contribution is -2.52. The average Bonchev–Trinajstić information content (AvgIpc) is 3.26. The SMILES string of the molecule is COC(=O)c1ccc(N2C(=O)C[C@@H](N3CCN(c4ccc(C(=O)c5ccccc5)cc4)CC3)C2=O)cc1. The Balaban J connectivity index is 1.20. The van der Waals surface area contributed by atoms with Crippen molar-refractivity contribution in [2.24, 2.45) is 0 Å². The molecule has 2 amide bonds. The van der Waals surface area contributed by atoms with E-state index in [2.05, 4.69) is 9.80 Å². The topological polar surface area (TPSA) is 87.2 Å². The Hall–Kier alpha value is -4.30. The molecule has 0 spiro atoms. The monoisotopic (exact) mass is 497 g/mol. The molecule has 0 saturated carbocycles. The van der Waals surface area contributed by atoms with Crippen LogP contribution in [-0.2, 0) is 14.3 Å². The summed E-state index contributed by atoms with van der Waals surface area (Å²) in [5.41, 5.74) is 3.13. The van der Waals surface area contributed by atoms with Gasteiger partial charge in [0.2, 0.25) is 5.91 Å². The predicted molar refractivity (Wildman–Crippen MR) is 139 cm³/mol. The molecule has 0 radical (unpaired) electrons. The fourth-order valence-corrected chi connectivity index (χ4v) is 4.91. The number of hydrogen-bond acceptors (Lipinski definition) is 7. The number of ketones is 1. The van der Waals surface area contributed by atoms with Crippen LogP contribution in [0.1, 0.15) is 32.7 Å². The first-order valence-electron chi connectivity index (χ1n) is 12.2. The largest absolute Gasteiger partial charge is 0.465 e. The molecule has 5 rings (SSSR count). The van der Waals surface area contributed by atoms with E-state index >= 15 is 0 Å². The minimum Gasteiger partial charge on any atom is -0.465 e. The smallest absolute Gasteiger partial charge is 0.337 e. The predicted octanol–water partition coefficient (Wildman–Crippen LogP) is 3.16. The van der Waals surface area contributed by atoms with Gasteiger partial charge in [0.1, 0.15) is 0 Å². The number of ether oxygens (including phenoxy) is 1. The van der Waals surface area contributed by atoms with Crippen LogP contribution in [0.3, 0.4) is 0 Å². The highest BCUT2D eigenvalue weighted by molar-refractivity contribution is 6.22. The normalized spacial score (nSPS) is 18.2. The van der Waals surface area contributed by atoms with E-state index in [0.717, 1.165) is 5.69 Å². The lowest BCUT2D eigenvalue weighted by molar-refractivity contribution is -0.123. The molecule has 2 fully saturated rings. The molecular weight excluding hydrogens is 470 g/mol. The van der Waals surface area contributed by atoms with Crippen LogP contribution in [0.15, 0.2) is 78.9 Å². The van der Waals surface area contributed by atoms with E-state index in [1.165, 1.54) is 12.0 Å². The van der Waals surface area contributed by atoms with E-state index in [1.54, 1.807) is 24.3 Å². The molecule has 0 unspecified atom stereocenters. The van der Waals surface area contributed by atoms with E-state index in [0.29, 0.717) is 48.6 Å². The Bertz CT molecular complexity index is 1310. The van der Waals surface area contributed by atoms with Gasteiger partial charge in [0.25, 0.3) is 5.91 Å². The van der Waals surface area contributed by atoms with Crippen molar-refractivity contribution in [1.29, 1.82) is 0 Å². The number of piperazine rings is 1. The van der Waals surface area contributed by atoms with Crippen molar-refractivity contribution in [2.75, 3.05) is 43.1 Å². The molecule has 0 aliphatic carbocycles. The minimum atomic E-state index is -0.499. The Labute approximate surface area is 215 Å². The van der Waals surface area contributed by atoms with Gasteiger partial charge < -0.3 is 9.64 Å². The zero-order valence-corrected chi connectivity index (χ0v) is 20.5. The molecule has 0 N–H and O–H groups in total. The summed E-state index contributed by atoms with van der Waals surface area (Å²) in [7, 11) is 1.30. The van der Waals surface area contributed by atoms with Gasteiger partial charge in [-0.15, -0.1) is 0 Å². The third-order valence-corrected chi connectivity index (χ3v) is 6.96. The third-order valence-electron chi connectivity index (χ3n) is 6.96. The van der Waals surface area contributed by atoms with E-state index in [-0.39, 0.29) is 24.0 Å². The van der Waals surface area contributed by atoms with E-state index < -0.39 is 12.0 Å². The summed E-state index contributed by atoms with van der Waals surface area (Å²) in [6.45, 7) is 2.70. The number of hydrogen-bond donors (Lipinski definition) is 0. The van der Waals surface area contributed by atoms with Crippen LogP contribution in [0, 0.1) is 0 Å². The van der Waals surface area contributed by atoms with E-state index in [4.69, 9.17) is 4.74 Å². The van der Waals surface area contributed by atoms with Gasteiger partial charge >= 0.3 is 5.97 Å². The molecule has 2 saturated heterocycles. The van der Waals surface area contributed by atoms with Gasteiger partial charge in [-0.3, -0.25) is 19.3 Å². The lowest BCUT2D eigenvalue weighted by atomic mass is 10.0. The summed E-state index contributed by atoms with van der Waals surface area (Å²) in [6, 6.07) is 22.6. The highest BCUT2D eigenvalue weighted by atomic mass is 16.5. The van der Waals surface area contributed by atoms with Crippen molar-refractivity contribution in [3.63, 3.8) is 0 Å². The van der Waals surface area contributed by atoms with Crippen LogP contribution >= 0.6 is 0 Å². The molecule has 2 heterocycles. The second-order valence-electron chi connectivity index (χ2n) is 9.09. The molecule has 1 atom stereocenters. The average molecular weight is 498 g/mol. The first-order valence-corrected chi connectivity index (χ1v) is 12.2. The van der Waals surface area contributed by atoms with Crippen molar-refractivity contribution >= 4 is 34.9 Å². The molecule has 3 aromatic rings. The zero-order valence-electron chi connectivity index (χ0n) is 20.5. The number of imide groups is 1. The first-order chi connectivity index (χ1) is 18.0. The van der Waals surface area contributed by atoms with Crippen LogP contribution < -0.4 is 9.80 Å². The molecule has 2 aliphatic rings. The number of methoxy groups -OCH3 is 1. The maximum atomic E-state index is 13.2. The number of anilines is 2. The van der Waals surface area contributed by atoms with Crippen LogP contribution in [0.4, 0.5) is 11.4 Å². The lowest BCUT2D eigenvalue weighted by Gasteiger charge is -2.38. The molecule has 0 bridgehead atoms.